The Morgan fingerprint density at radius 2 is 1.85 bits per heavy atom. The van der Waals surface area contributed by atoms with Crippen LogP contribution in [-0.2, 0) is 9.59 Å². The average molecular weight is 308 g/mol. The summed E-state index contributed by atoms with van der Waals surface area (Å²) >= 11 is 10.2. The average Bonchev–Trinajstić information content (AvgIpc) is 2.38. The van der Waals surface area contributed by atoms with E-state index in [1.165, 1.54) is 0 Å². The molecular formula is C13H14N3O2S2+. The standard InChI is InChI=1S/C13H13N3O2S2/c1-16(2)12(18)9(10(17)15-13(16)20)11(19)14-8-6-4-3-5-7-8/h3-7,9H,1-2H3,(H-,14,15,17,19,20)/p+1. The molecule has 7 heteroatoms. The fraction of sp³-hybridized carbons (Fsp3) is 0.231. The van der Waals surface area contributed by atoms with Crippen LogP contribution in [-0.4, -0.2) is 40.5 Å². The number of nitrogens with zero attached hydrogens (tertiary/aromatic N) is 1. The van der Waals surface area contributed by atoms with Gasteiger partial charge in [-0.1, -0.05) is 30.4 Å². The summed E-state index contributed by atoms with van der Waals surface area (Å²) in [7, 11) is 3.25. The fourth-order valence-electron chi connectivity index (χ4n) is 1.82. The van der Waals surface area contributed by atoms with E-state index in [-0.39, 0.29) is 20.5 Å². The zero-order valence-corrected chi connectivity index (χ0v) is 12.7. The number of amides is 2. The van der Waals surface area contributed by atoms with Crippen LogP contribution in [0.4, 0.5) is 5.69 Å². The second kappa shape index (κ2) is 5.35. The van der Waals surface area contributed by atoms with Gasteiger partial charge in [-0.2, -0.15) is 0 Å². The molecule has 1 aliphatic heterocycles. The summed E-state index contributed by atoms with van der Waals surface area (Å²) in [5.41, 5.74) is 0.733. The van der Waals surface area contributed by atoms with E-state index in [1.54, 1.807) is 14.1 Å². The van der Waals surface area contributed by atoms with Gasteiger partial charge in [0.2, 0.25) is 5.92 Å². The highest BCUT2D eigenvalue weighted by molar-refractivity contribution is 7.81. The minimum absolute atomic E-state index is 0.174. The molecule has 1 unspecified atom stereocenters. The second-order valence-electron chi connectivity index (χ2n) is 4.87. The first-order valence-corrected chi connectivity index (χ1v) is 6.75. The molecule has 1 aliphatic rings. The molecule has 0 radical (unpaired) electrons. The molecule has 1 aromatic carbocycles. The summed E-state index contributed by atoms with van der Waals surface area (Å²) in [5, 5.41) is 5.63. The Labute approximate surface area is 127 Å². The maximum Gasteiger partial charge on any atom is 0.339 e. The quantitative estimate of drug-likeness (QED) is 0.486. The number of rotatable bonds is 2. The van der Waals surface area contributed by atoms with Crippen molar-refractivity contribution < 1.29 is 14.1 Å². The molecule has 1 saturated heterocycles. The molecule has 0 spiro atoms. The van der Waals surface area contributed by atoms with E-state index in [0.717, 1.165) is 5.69 Å². The lowest BCUT2D eigenvalue weighted by molar-refractivity contribution is -0.720. The van der Waals surface area contributed by atoms with E-state index in [2.05, 4.69) is 10.6 Å². The molecule has 104 valence electrons. The molecule has 0 saturated carbocycles. The largest absolute Gasteiger partial charge is 0.349 e. The maximum absolute atomic E-state index is 12.4. The number of anilines is 1. The number of benzene rings is 1. The molecule has 0 aliphatic carbocycles. The van der Waals surface area contributed by atoms with Gasteiger partial charge in [0.25, 0.3) is 11.0 Å². The van der Waals surface area contributed by atoms with Gasteiger partial charge in [-0.05, 0) is 12.1 Å². The van der Waals surface area contributed by atoms with Gasteiger partial charge in [-0.3, -0.25) is 10.1 Å². The predicted octanol–water partition coefficient (Wildman–Crippen LogP) is 1.06. The number of nitrogens with one attached hydrogen (secondary N) is 2. The zero-order valence-electron chi connectivity index (χ0n) is 11.0. The number of hydrogen-bond donors (Lipinski definition) is 2. The monoisotopic (exact) mass is 308 g/mol. The van der Waals surface area contributed by atoms with Gasteiger partial charge in [-0.25, -0.2) is 9.28 Å². The Morgan fingerprint density at radius 3 is 2.45 bits per heavy atom. The lowest BCUT2D eigenvalue weighted by atomic mass is 10.0. The van der Waals surface area contributed by atoms with Crippen LogP contribution in [0.3, 0.4) is 0 Å². The van der Waals surface area contributed by atoms with Crippen molar-refractivity contribution >= 4 is 52.0 Å². The molecule has 2 rings (SSSR count). The molecular weight excluding hydrogens is 294 g/mol. The highest BCUT2D eigenvalue weighted by Gasteiger charge is 2.50. The summed E-state index contributed by atoms with van der Waals surface area (Å²) in [6, 6.07) is 9.15. The smallest absolute Gasteiger partial charge is 0.339 e. The first-order chi connectivity index (χ1) is 9.34. The van der Waals surface area contributed by atoms with Gasteiger partial charge in [-0.15, -0.1) is 0 Å². The molecule has 2 amide bonds. The van der Waals surface area contributed by atoms with Crippen molar-refractivity contribution in [1.82, 2.24) is 5.32 Å². The van der Waals surface area contributed by atoms with Crippen LogP contribution in [0.1, 0.15) is 0 Å². The first kappa shape index (κ1) is 14.7. The van der Waals surface area contributed by atoms with Gasteiger partial charge in [0.15, 0.2) is 0 Å². The summed E-state index contributed by atoms with van der Waals surface area (Å²) < 4.78 is -0.192. The Hall–Kier alpha value is -1.70. The van der Waals surface area contributed by atoms with Crippen LogP contribution in [0, 0.1) is 5.92 Å². The summed E-state index contributed by atoms with van der Waals surface area (Å²) in [5.74, 6) is -1.86. The fourth-order valence-corrected chi connectivity index (χ4v) is 2.34. The van der Waals surface area contributed by atoms with Crippen molar-refractivity contribution in [3.8, 4) is 0 Å². The van der Waals surface area contributed by atoms with Gasteiger partial charge >= 0.3 is 5.91 Å². The van der Waals surface area contributed by atoms with Crippen molar-refractivity contribution in [3.63, 3.8) is 0 Å². The molecule has 1 fully saturated rings. The van der Waals surface area contributed by atoms with Crippen LogP contribution < -0.4 is 10.6 Å². The van der Waals surface area contributed by atoms with Crippen molar-refractivity contribution in [3.05, 3.63) is 30.3 Å². The first-order valence-electron chi connectivity index (χ1n) is 5.93. The van der Waals surface area contributed by atoms with E-state index in [1.807, 2.05) is 30.3 Å². The molecule has 2 N–H and O–H groups in total. The van der Waals surface area contributed by atoms with E-state index in [0.29, 0.717) is 0 Å². The zero-order chi connectivity index (χ0) is 14.9. The summed E-state index contributed by atoms with van der Waals surface area (Å²) in [4.78, 5) is 24.5. The Kier molecular flexibility index (Phi) is 3.94. The predicted molar refractivity (Wildman–Crippen MR) is 84.0 cm³/mol. The molecule has 1 aromatic rings. The van der Waals surface area contributed by atoms with Gasteiger partial charge in [0, 0.05) is 17.9 Å². The van der Waals surface area contributed by atoms with Crippen molar-refractivity contribution in [2.75, 3.05) is 19.4 Å². The minimum Gasteiger partial charge on any atom is -0.349 e. The topological polar surface area (TPSA) is 58.2 Å². The van der Waals surface area contributed by atoms with Gasteiger partial charge in [0.1, 0.15) is 4.99 Å². The van der Waals surface area contributed by atoms with E-state index in [9.17, 15) is 9.59 Å². The maximum atomic E-state index is 12.4. The molecule has 20 heavy (non-hydrogen) atoms. The third-order valence-corrected chi connectivity index (χ3v) is 4.00. The van der Waals surface area contributed by atoms with E-state index < -0.39 is 11.8 Å². The molecule has 0 bridgehead atoms. The SMILES string of the molecule is C[N+]1(C)C(=O)C(C(=S)Nc2ccccc2)C(=O)NC1=S. The number of para-hydroxylation sites is 1. The van der Waals surface area contributed by atoms with Crippen LogP contribution in [0.2, 0.25) is 0 Å². The third kappa shape index (κ3) is 2.60. The van der Waals surface area contributed by atoms with Crippen LogP contribution >= 0.6 is 24.4 Å². The Bertz CT molecular complexity index is 599. The van der Waals surface area contributed by atoms with Crippen molar-refractivity contribution in [2.45, 2.75) is 0 Å². The van der Waals surface area contributed by atoms with Crippen molar-refractivity contribution in [1.29, 1.82) is 0 Å². The Morgan fingerprint density at radius 1 is 1.25 bits per heavy atom. The van der Waals surface area contributed by atoms with Crippen molar-refractivity contribution in [2.24, 2.45) is 5.92 Å². The van der Waals surface area contributed by atoms with E-state index >= 15 is 0 Å². The van der Waals surface area contributed by atoms with Gasteiger partial charge < -0.3 is 5.32 Å². The number of hydrogen-bond acceptors (Lipinski definition) is 4. The van der Waals surface area contributed by atoms with Crippen LogP contribution in [0.25, 0.3) is 0 Å². The molecule has 1 atom stereocenters. The van der Waals surface area contributed by atoms with Crippen LogP contribution in [0.5, 0.6) is 0 Å². The lowest BCUT2D eigenvalue weighted by Gasteiger charge is -2.34. The third-order valence-electron chi connectivity index (χ3n) is 3.10. The number of quaternary nitrogens is 1. The number of carbonyl (C=O) groups is 2. The highest BCUT2D eigenvalue weighted by Crippen LogP contribution is 2.18. The van der Waals surface area contributed by atoms with Crippen LogP contribution in [0.15, 0.2) is 30.3 Å². The molecule has 5 nitrogen and oxygen atoms in total. The molecule has 0 aromatic heterocycles. The second-order valence-corrected chi connectivity index (χ2v) is 5.70. The number of thiocarbonyl (C=S) groups is 2. The summed E-state index contributed by atoms with van der Waals surface area (Å²) in [6.07, 6.45) is 0. The normalized spacial score (nSPS) is 21.3. The minimum atomic E-state index is -1.04. The number of carbonyl (C=O) groups excluding carboxylic acids is 2. The summed E-state index contributed by atoms with van der Waals surface area (Å²) in [6.45, 7) is 0. The Balaban J connectivity index is 2.23. The van der Waals surface area contributed by atoms with E-state index in [4.69, 9.17) is 24.4 Å². The lowest BCUT2D eigenvalue weighted by Crippen LogP contribution is -2.67. The van der Waals surface area contributed by atoms with Gasteiger partial charge in [0.05, 0.1) is 14.1 Å². The molecule has 1 heterocycles. The highest BCUT2D eigenvalue weighted by atomic mass is 32.1.